The normalized spacial score (nSPS) is 14.5. The van der Waals surface area contributed by atoms with E-state index in [1.807, 2.05) is 0 Å². The number of nitrogens with two attached hydrogens (primary N) is 2. The lowest BCUT2D eigenvalue weighted by molar-refractivity contribution is 0.0980. The summed E-state index contributed by atoms with van der Waals surface area (Å²) in [6.45, 7) is 0. The van der Waals surface area contributed by atoms with Crippen LogP contribution in [0.3, 0.4) is 0 Å². The Morgan fingerprint density at radius 1 is 0.952 bits per heavy atom. The summed E-state index contributed by atoms with van der Waals surface area (Å²) in [5.41, 5.74) is 11.4. The van der Waals surface area contributed by atoms with Crippen LogP contribution >= 0.6 is 0 Å². The molecule has 0 fully saturated rings. The number of rotatable bonds is 1. The van der Waals surface area contributed by atoms with Gasteiger partial charge in [-0.05, 0) is 17.1 Å². The number of nitrogen functional groups attached to an aromatic ring is 2. The third-order valence-corrected chi connectivity index (χ3v) is 4.11. The van der Waals surface area contributed by atoms with E-state index in [9.17, 15) is 18.4 Å². The number of fused-ring (bicyclic) bond motifs is 2. The molecule has 1 aliphatic carbocycles. The van der Waals surface area contributed by atoms with Crippen molar-refractivity contribution in [3.8, 4) is 0 Å². The Labute approximate surface area is 122 Å². The molecule has 3 rings (SSSR count). The zero-order chi connectivity index (χ0) is 15.3. The fourth-order valence-electron chi connectivity index (χ4n) is 2.46. The number of carbonyl (C=O) groups excluding carboxylic acids is 2. The van der Waals surface area contributed by atoms with Crippen molar-refractivity contribution in [1.82, 2.24) is 0 Å². The predicted molar refractivity (Wildman–Crippen MR) is 75.8 cm³/mol. The van der Waals surface area contributed by atoms with Crippen molar-refractivity contribution in [3.63, 3.8) is 0 Å². The van der Waals surface area contributed by atoms with Crippen molar-refractivity contribution in [1.29, 1.82) is 0 Å². The van der Waals surface area contributed by atoms with Crippen LogP contribution in [0.2, 0.25) is 0 Å². The van der Waals surface area contributed by atoms with Gasteiger partial charge in [0.05, 0.1) is 21.7 Å². The van der Waals surface area contributed by atoms with Gasteiger partial charge in [0.25, 0.3) is 0 Å². The van der Waals surface area contributed by atoms with E-state index in [1.165, 1.54) is 12.1 Å². The maximum atomic E-state index is 12.5. The maximum absolute atomic E-state index is 12.5. The van der Waals surface area contributed by atoms with Crippen LogP contribution in [0.5, 0.6) is 0 Å². The average Bonchev–Trinajstić information content (AvgIpc) is 2.46. The number of ketones is 2. The summed E-state index contributed by atoms with van der Waals surface area (Å²) in [6.07, 6.45) is 0. The lowest BCUT2D eigenvalue weighted by atomic mass is 9.82. The Hall–Kier alpha value is -2.51. The van der Waals surface area contributed by atoms with Gasteiger partial charge in [0.2, 0.25) is 0 Å². The monoisotopic (exact) mass is 301 g/mol. The second-order valence-corrected chi connectivity index (χ2v) is 5.48. The Morgan fingerprint density at radius 3 is 2.00 bits per heavy atom. The van der Waals surface area contributed by atoms with E-state index in [0.717, 1.165) is 6.07 Å². The summed E-state index contributed by atoms with van der Waals surface area (Å²) in [4.78, 5) is 24.7. The fraction of sp³-hybridized carbons (Fsp3) is 0. The molecule has 6 nitrogen and oxygen atoms in total. The van der Waals surface area contributed by atoms with Crippen molar-refractivity contribution < 1.29 is 18.4 Å². The predicted octanol–water partition coefficient (Wildman–Crippen LogP) is 0.864. The summed E-state index contributed by atoms with van der Waals surface area (Å²) in [6, 6.07) is 7.36. The van der Waals surface area contributed by atoms with Crippen molar-refractivity contribution in [2.75, 3.05) is 11.5 Å². The van der Waals surface area contributed by atoms with E-state index in [0.29, 0.717) is 0 Å². The first kappa shape index (κ1) is 13.5. The minimum Gasteiger partial charge on any atom is -0.768 e. The van der Waals surface area contributed by atoms with E-state index in [-0.39, 0.29) is 38.5 Å². The molecular formula is C14H9N2O4S-. The SMILES string of the molecule is Nc1cc(S(=O)[O-])c(N)c2c1C(=O)c1ccccc1C2=O. The fourth-order valence-corrected chi connectivity index (χ4v) is 2.96. The summed E-state index contributed by atoms with van der Waals surface area (Å²) >= 11 is -2.65. The van der Waals surface area contributed by atoms with Gasteiger partial charge < -0.3 is 16.0 Å². The van der Waals surface area contributed by atoms with Crippen LogP contribution in [0.4, 0.5) is 11.4 Å². The van der Waals surface area contributed by atoms with Crippen LogP contribution in [0.25, 0.3) is 0 Å². The van der Waals surface area contributed by atoms with Crippen LogP contribution < -0.4 is 11.5 Å². The standard InChI is InChI=1S/C14H10N2O4S/c15-8-5-9(21(19)20)12(16)11-10(8)13(17)6-3-1-2-4-7(6)14(11)18/h1-5H,15-16H2,(H,19,20)/p-1. The topological polar surface area (TPSA) is 126 Å². The smallest absolute Gasteiger partial charge is 0.196 e. The highest BCUT2D eigenvalue weighted by Crippen LogP contribution is 2.37. The summed E-state index contributed by atoms with van der Waals surface area (Å²) in [5, 5.41) is 0. The first-order valence-electron chi connectivity index (χ1n) is 5.93. The van der Waals surface area contributed by atoms with Crippen LogP contribution in [0, 0.1) is 0 Å². The van der Waals surface area contributed by atoms with Gasteiger partial charge in [-0.1, -0.05) is 24.3 Å². The van der Waals surface area contributed by atoms with Gasteiger partial charge in [0.15, 0.2) is 11.6 Å². The van der Waals surface area contributed by atoms with Gasteiger partial charge in [0.1, 0.15) is 0 Å². The quantitative estimate of drug-likeness (QED) is 0.507. The molecule has 0 radical (unpaired) electrons. The van der Waals surface area contributed by atoms with Gasteiger partial charge in [-0.25, -0.2) is 0 Å². The average molecular weight is 301 g/mol. The molecule has 7 heteroatoms. The van der Waals surface area contributed by atoms with Crippen LogP contribution in [0.15, 0.2) is 35.2 Å². The number of hydrogen-bond acceptors (Lipinski definition) is 6. The molecule has 0 bridgehead atoms. The van der Waals surface area contributed by atoms with Crippen LogP contribution in [0.1, 0.15) is 31.8 Å². The van der Waals surface area contributed by atoms with E-state index < -0.39 is 22.6 Å². The lowest BCUT2D eigenvalue weighted by Crippen LogP contribution is -2.24. The first-order valence-corrected chi connectivity index (χ1v) is 7.00. The van der Waals surface area contributed by atoms with E-state index in [1.54, 1.807) is 12.1 Å². The van der Waals surface area contributed by atoms with E-state index >= 15 is 0 Å². The van der Waals surface area contributed by atoms with Crippen LogP contribution in [-0.2, 0) is 11.1 Å². The van der Waals surface area contributed by atoms with Gasteiger partial charge in [-0.15, -0.1) is 0 Å². The minimum absolute atomic E-state index is 0.0367. The van der Waals surface area contributed by atoms with Crippen molar-refractivity contribution in [2.24, 2.45) is 0 Å². The molecule has 1 atom stereocenters. The molecule has 0 saturated carbocycles. The molecule has 1 unspecified atom stereocenters. The molecule has 0 spiro atoms. The van der Waals surface area contributed by atoms with Crippen molar-refractivity contribution in [3.05, 3.63) is 52.6 Å². The number of anilines is 2. The highest BCUT2D eigenvalue weighted by atomic mass is 32.2. The molecule has 4 N–H and O–H groups in total. The van der Waals surface area contributed by atoms with E-state index in [2.05, 4.69) is 0 Å². The highest BCUT2D eigenvalue weighted by molar-refractivity contribution is 7.79. The molecule has 0 saturated heterocycles. The minimum atomic E-state index is -2.65. The summed E-state index contributed by atoms with van der Waals surface area (Å²) in [5.74, 6) is -0.940. The Morgan fingerprint density at radius 2 is 1.48 bits per heavy atom. The summed E-state index contributed by atoms with van der Waals surface area (Å²) < 4.78 is 22.3. The zero-order valence-corrected chi connectivity index (χ0v) is 11.4. The Kier molecular flexibility index (Phi) is 2.89. The molecule has 0 aromatic heterocycles. The molecule has 0 heterocycles. The molecule has 2 aromatic rings. The van der Waals surface area contributed by atoms with Gasteiger partial charge in [-0.3, -0.25) is 13.8 Å². The molecule has 1 aliphatic rings. The first-order chi connectivity index (χ1) is 9.93. The van der Waals surface area contributed by atoms with E-state index in [4.69, 9.17) is 11.5 Å². The highest BCUT2D eigenvalue weighted by Gasteiger charge is 2.34. The van der Waals surface area contributed by atoms with Crippen LogP contribution in [-0.4, -0.2) is 20.3 Å². The third-order valence-electron chi connectivity index (χ3n) is 3.41. The lowest BCUT2D eigenvalue weighted by Gasteiger charge is -2.22. The Balaban J connectivity index is 2.41. The second kappa shape index (κ2) is 4.51. The maximum Gasteiger partial charge on any atom is 0.196 e. The zero-order valence-electron chi connectivity index (χ0n) is 10.6. The number of benzene rings is 2. The van der Waals surface area contributed by atoms with Crippen molar-refractivity contribution >= 4 is 34.0 Å². The number of carbonyl (C=O) groups is 2. The van der Waals surface area contributed by atoms with Gasteiger partial charge >= 0.3 is 0 Å². The molecule has 0 aliphatic heterocycles. The molecule has 2 aromatic carbocycles. The van der Waals surface area contributed by atoms with Gasteiger partial charge in [0, 0.05) is 16.8 Å². The largest absolute Gasteiger partial charge is 0.768 e. The molecular weight excluding hydrogens is 292 g/mol. The Bertz CT molecular complexity index is 845. The second-order valence-electron chi connectivity index (χ2n) is 4.57. The van der Waals surface area contributed by atoms with Gasteiger partial charge in [-0.2, -0.15) is 0 Å². The third kappa shape index (κ3) is 1.78. The van der Waals surface area contributed by atoms with Crippen molar-refractivity contribution in [2.45, 2.75) is 4.90 Å². The molecule has 106 valence electrons. The summed E-state index contributed by atoms with van der Waals surface area (Å²) in [7, 11) is 0. The number of hydrogen-bond donors (Lipinski definition) is 2. The molecule has 21 heavy (non-hydrogen) atoms. The molecule has 0 amide bonds.